The molecule has 0 aromatic carbocycles. The number of amides is 1. The van der Waals surface area contributed by atoms with Gasteiger partial charge in [-0.2, -0.15) is 0 Å². The summed E-state index contributed by atoms with van der Waals surface area (Å²) in [4.78, 5) is 17.2. The highest BCUT2D eigenvalue weighted by Crippen LogP contribution is 2.34. The number of anilines is 2. The minimum absolute atomic E-state index is 0.0519. The number of carbonyl (C=O) groups excluding carboxylic acids is 1. The van der Waals surface area contributed by atoms with Crippen molar-refractivity contribution in [1.82, 2.24) is 10.2 Å². The summed E-state index contributed by atoms with van der Waals surface area (Å²) in [6, 6.07) is 2.51. The van der Waals surface area contributed by atoms with Gasteiger partial charge in [0.2, 0.25) is 0 Å². The molecule has 1 atom stereocenters. The maximum absolute atomic E-state index is 12.0. The number of carbonyl (C=O) groups is 1. The first kappa shape index (κ1) is 15.1. The van der Waals surface area contributed by atoms with E-state index in [9.17, 15) is 4.79 Å². The molecule has 0 spiro atoms. The summed E-state index contributed by atoms with van der Waals surface area (Å²) >= 11 is 1.50. The second-order valence-electron chi connectivity index (χ2n) is 5.48. The van der Waals surface area contributed by atoms with Gasteiger partial charge in [-0.25, -0.2) is 0 Å². The fourth-order valence-electron chi connectivity index (χ4n) is 2.41. The number of rotatable bonds is 5. The van der Waals surface area contributed by atoms with E-state index >= 15 is 0 Å². The smallest absolute Gasteiger partial charge is 0.263 e. The molecule has 1 aliphatic rings. The average molecular weight is 296 g/mol. The Hall–Kier alpha value is -1.27. The van der Waals surface area contributed by atoms with Crippen LogP contribution in [0.2, 0.25) is 0 Å². The molecule has 2 rings (SSSR count). The largest absolute Gasteiger partial charge is 0.397 e. The van der Waals surface area contributed by atoms with Crippen LogP contribution < -0.4 is 16.0 Å². The topological polar surface area (TPSA) is 61.6 Å². The predicted octanol–water partition coefficient (Wildman–Crippen LogP) is 1.61. The molecule has 1 amide bonds. The number of likely N-dealkylation sites (N-methyl/N-ethyl adjacent to an activating group) is 1. The van der Waals surface area contributed by atoms with Crippen LogP contribution in [-0.2, 0) is 0 Å². The van der Waals surface area contributed by atoms with Gasteiger partial charge in [0, 0.05) is 25.7 Å². The van der Waals surface area contributed by atoms with Crippen molar-refractivity contribution >= 4 is 27.9 Å². The highest BCUT2D eigenvalue weighted by atomic mass is 32.1. The zero-order valence-corrected chi connectivity index (χ0v) is 13.3. The number of thiophene rings is 1. The minimum Gasteiger partial charge on any atom is -0.397 e. The first-order valence-electron chi connectivity index (χ1n) is 7.11. The number of nitrogen functional groups attached to an aromatic ring is 1. The molecule has 0 radical (unpaired) electrons. The van der Waals surface area contributed by atoms with Crippen molar-refractivity contribution in [2.75, 3.05) is 44.4 Å². The van der Waals surface area contributed by atoms with Gasteiger partial charge in [0.15, 0.2) is 0 Å². The van der Waals surface area contributed by atoms with Crippen molar-refractivity contribution in [2.24, 2.45) is 0 Å². The SMILES string of the molecule is CCCNC(=O)c1sc(N2CCC(N(C)C)C2)cc1N. The lowest BCUT2D eigenvalue weighted by Gasteiger charge is -2.20. The van der Waals surface area contributed by atoms with Crippen LogP contribution in [0.15, 0.2) is 6.07 Å². The fraction of sp³-hybridized carbons (Fsp3) is 0.643. The van der Waals surface area contributed by atoms with Gasteiger partial charge in [-0.15, -0.1) is 11.3 Å². The maximum atomic E-state index is 12.0. The molecule has 0 aliphatic carbocycles. The van der Waals surface area contributed by atoms with Crippen LogP contribution in [0.3, 0.4) is 0 Å². The highest BCUT2D eigenvalue weighted by Gasteiger charge is 2.26. The van der Waals surface area contributed by atoms with Crippen LogP contribution in [-0.4, -0.2) is 50.6 Å². The molecule has 1 fully saturated rings. The lowest BCUT2D eigenvalue weighted by atomic mass is 10.2. The second-order valence-corrected chi connectivity index (χ2v) is 6.51. The molecular weight excluding hydrogens is 272 g/mol. The normalized spacial score (nSPS) is 18.8. The van der Waals surface area contributed by atoms with Crippen molar-refractivity contribution in [3.63, 3.8) is 0 Å². The Balaban J connectivity index is 2.06. The van der Waals surface area contributed by atoms with Crippen molar-refractivity contribution in [2.45, 2.75) is 25.8 Å². The lowest BCUT2D eigenvalue weighted by molar-refractivity contribution is 0.0958. The van der Waals surface area contributed by atoms with E-state index in [0.717, 1.165) is 30.9 Å². The molecule has 0 saturated carbocycles. The van der Waals surface area contributed by atoms with Crippen LogP contribution >= 0.6 is 11.3 Å². The minimum atomic E-state index is -0.0519. The summed E-state index contributed by atoms with van der Waals surface area (Å²) in [7, 11) is 4.22. The summed E-state index contributed by atoms with van der Waals surface area (Å²) in [5.41, 5.74) is 6.58. The first-order chi connectivity index (χ1) is 9.52. The van der Waals surface area contributed by atoms with Crippen molar-refractivity contribution in [3.05, 3.63) is 10.9 Å². The third kappa shape index (κ3) is 3.24. The zero-order chi connectivity index (χ0) is 14.7. The van der Waals surface area contributed by atoms with E-state index in [1.807, 2.05) is 13.0 Å². The van der Waals surface area contributed by atoms with E-state index in [1.165, 1.54) is 11.3 Å². The quantitative estimate of drug-likeness (QED) is 0.866. The van der Waals surface area contributed by atoms with Gasteiger partial charge in [0.25, 0.3) is 5.91 Å². The van der Waals surface area contributed by atoms with Crippen LogP contribution in [0.5, 0.6) is 0 Å². The summed E-state index contributed by atoms with van der Waals surface area (Å²) < 4.78 is 0. The van der Waals surface area contributed by atoms with Gasteiger partial charge in [-0.1, -0.05) is 6.92 Å². The second kappa shape index (κ2) is 6.45. The molecule has 2 heterocycles. The Kier molecular flexibility index (Phi) is 4.88. The Morgan fingerprint density at radius 1 is 1.60 bits per heavy atom. The molecule has 3 N–H and O–H groups in total. The third-order valence-electron chi connectivity index (χ3n) is 3.69. The average Bonchev–Trinajstić information content (AvgIpc) is 3.02. The summed E-state index contributed by atoms with van der Waals surface area (Å²) in [6.45, 7) is 4.76. The Labute approximate surface area is 124 Å². The van der Waals surface area contributed by atoms with Gasteiger partial charge in [0.1, 0.15) is 4.88 Å². The fourth-order valence-corrected chi connectivity index (χ4v) is 3.44. The molecule has 6 heteroatoms. The van der Waals surface area contributed by atoms with E-state index in [-0.39, 0.29) is 5.91 Å². The Morgan fingerprint density at radius 2 is 2.35 bits per heavy atom. The zero-order valence-electron chi connectivity index (χ0n) is 12.5. The molecule has 1 aromatic rings. The van der Waals surface area contributed by atoms with Crippen LogP contribution in [0.4, 0.5) is 10.7 Å². The standard InChI is InChI=1S/C14H24N4OS/c1-4-6-16-14(19)13-11(15)8-12(20-13)18-7-5-10(9-18)17(2)3/h8,10H,4-7,9,15H2,1-3H3,(H,16,19). The van der Waals surface area contributed by atoms with E-state index in [1.54, 1.807) is 0 Å². The summed E-state index contributed by atoms with van der Waals surface area (Å²) in [5, 5.41) is 3.99. The van der Waals surface area contributed by atoms with Crippen LogP contribution in [0.1, 0.15) is 29.4 Å². The van der Waals surface area contributed by atoms with Gasteiger partial charge in [-0.3, -0.25) is 4.79 Å². The first-order valence-corrected chi connectivity index (χ1v) is 7.93. The lowest BCUT2D eigenvalue weighted by Crippen LogP contribution is -2.31. The molecule has 1 unspecified atom stereocenters. The number of nitrogens with two attached hydrogens (primary N) is 1. The molecule has 20 heavy (non-hydrogen) atoms. The van der Waals surface area contributed by atoms with Gasteiger partial charge in [-0.05, 0) is 33.0 Å². The molecule has 1 saturated heterocycles. The van der Waals surface area contributed by atoms with E-state index < -0.39 is 0 Å². The summed E-state index contributed by atoms with van der Waals surface area (Å²) in [6.07, 6.45) is 2.09. The molecule has 5 nitrogen and oxygen atoms in total. The van der Waals surface area contributed by atoms with Gasteiger partial charge >= 0.3 is 0 Å². The van der Waals surface area contributed by atoms with Gasteiger partial charge in [0.05, 0.1) is 10.7 Å². The highest BCUT2D eigenvalue weighted by molar-refractivity contribution is 7.18. The number of hydrogen-bond acceptors (Lipinski definition) is 5. The van der Waals surface area contributed by atoms with Crippen molar-refractivity contribution < 1.29 is 4.79 Å². The number of nitrogens with one attached hydrogen (secondary N) is 1. The third-order valence-corrected chi connectivity index (χ3v) is 4.91. The van der Waals surface area contributed by atoms with Crippen molar-refractivity contribution in [3.8, 4) is 0 Å². The van der Waals surface area contributed by atoms with Crippen LogP contribution in [0.25, 0.3) is 0 Å². The Bertz CT molecular complexity index is 472. The van der Waals surface area contributed by atoms with E-state index in [0.29, 0.717) is 23.2 Å². The number of hydrogen-bond donors (Lipinski definition) is 2. The summed E-state index contributed by atoms with van der Waals surface area (Å²) in [5.74, 6) is -0.0519. The van der Waals surface area contributed by atoms with E-state index in [2.05, 4.69) is 29.2 Å². The molecule has 112 valence electrons. The molecule has 1 aromatic heterocycles. The number of nitrogens with zero attached hydrogens (tertiary/aromatic N) is 2. The van der Waals surface area contributed by atoms with Gasteiger partial charge < -0.3 is 20.9 Å². The van der Waals surface area contributed by atoms with E-state index in [4.69, 9.17) is 5.73 Å². The van der Waals surface area contributed by atoms with Crippen LogP contribution in [0, 0.1) is 0 Å². The monoisotopic (exact) mass is 296 g/mol. The Morgan fingerprint density at radius 3 is 2.95 bits per heavy atom. The van der Waals surface area contributed by atoms with Crippen molar-refractivity contribution in [1.29, 1.82) is 0 Å². The molecule has 1 aliphatic heterocycles. The predicted molar refractivity (Wildman–Crippen MR) is 85.7 cm³/mol. The molecule has 0 bridgehead atoms. The molecular formula is C14H24N4OS. The maximum Gasteiger partial charge on any atom is 0.263 e.